The molecule has 0 saturated heterocycles. The molecule has 3 nitrogen and oxygen atoms in total. The number of carbonyl (C=O) groups is 2. The lowest BCUT2D eigenvalue weighted by Crippen LogP contribution is -2.17. The Morgan fingerprint density at radius 1 is 0.974 bits per heavy atom. The molecule has 0 bridgehead atoms. The van der Waals surface area contributed by atoms with E-state index < -0.39 is 24.2 Å². The minimum atomic E-state index is -1.62. The van der Waals surface area contributed by atoms with Crippen LogP contribution in [0, 0.1) is 23.2 Å². The fourth-order valence-electron chi connectivity index (χ4n) is 4.07. The first-order valence-corrected chi connectivity index (χ1v) is 16.9. The summed E-state index contributed by atoms with van der Waals surface area (Å²) in [7, 11) is -1.62. The molecule has 1 aliphatic carbocycles. The summed E-state index contributed by atoms with van der Waals surface area (Å²) in [6, 6.07) is 15.7. The van der Waals surface area contributed by atoms with Gasteiger partial charge in [0.2, 0.25) is 5.91 Å². The average Bonchev–Trinajstić information content (AvgIpc) is 3.42. The molecule has 1 aliphatic rings. The van der Waals surface area contributed by atoms with E-state index in [2.05, 4.69) is 36.4 Å². The highest BCUT2D eigenvalue weighted by Gasteiger charge is 2.67. The maximum Gasteiger partial charge on any atom is 0.231 e. The van der Waals surface area contributed by atoms with E-state index in [1.807, 2.05) is 6.07 Å². The van der Waals surface area contributed by atoms with Crippen molar-refractivity contribution in [3.8, 4) is 11.5 Å². The number of ketones is 1. The zero-order chi connectivity index (χ0) is 27.8. The first-order chi connectivity index (χ1) is 17.8. The molecule has 38 heavy (non-hydrogen) atoms. The summed E-state index contributed by atoms with van der Waals surface area (Å²) < 4.78 is 11.9. The lowest BCUT2D eigenvalue weighted by Gasteiger charge is -2.09. The van der Waals surface area contributed by atoms with Gasteiger partial charge in [-0.2, -0.15) is 0 Å². The van der Waals surface area contributed by atoms with E-state index in [1.54, 1.807) is 30.3 Å². The lowest BCUT2D eigenvalue weighted by molar-refractivity contribution is -0.117. The molecular formula is C29H24Cl4FNO2Si. The first-order valence-electron chi connectivity index (χ1n) is 11.8. The van der Waals surface area contributed by atoms with Crippen LogP contribution in [0.25, 0.3) is 0 Å². The molecule has 0 radical (unpaired) electrons. The molecule has 3 aromatic carbocycles. The van der Waals surface area contributed by atoms with Crippen LogP contribution in [0.1, 0.15) is 33.0 Å². The molecule has 9 heteroatoms. The van der Waals surface area contributed by atoms with Gasteiger partial charge in [-0.3, -0.25) is 9.59 Å². The Kier molecular flexibility index (Phi) is 8.33. The van der Waals surface area contributed by atoms with E-state index in [9.17, 15) is 14.0 Å². The number of benzene rings is 3. The number of amides is 1. The summed E-state index contributed by atoms with van der Waals surface area (Å²) in [4.78, 5) is 26.1. The molecule has 2 unspecified atom stereocenters. The Morgan fingerprint density at radius 2 is 1.63 bits per heavy atom. The Bertz CT molecular complexity index is 1470. The van der Waals surface area contributed by atoms with Crippen LogP contribution in [0.5, 0.6) is 0 Å². The molecule has 0 spiro atoms. The van der Waals surface area contributed by atoms with Crippen LogP contribution >= 0.6 is 46.4 Å². The number of nitrogens with one attached hydrogen (secondary N) is 1. The number of hydrogen-bond acceptors (Lipinski definition) is 2. The predicted octanol–water partition coefficient (Wildman–Crippen LogP) is 8.31. The molecule has 1 saturated carbocycles. The van der Waals surface area contributed by atoms with Crippen molar-refractivity contribution >= 4 is 71.9 Å². The molecule has 0 aliphatic heterocycles. The number of anilines is 1. The zero-order valence-corrected chi connectivity index (χ0v) is 24.9. The molecule has 3 aromatic rings. The number of alkyl halides is 2. The molecule has 4 rings (SSSR count). The van der Waals surface area contributed by atoms with Crippen molar-refractivity contribution in [3.05, 3.63) is 98.8 Å². The third-order valence-electron chi connectivity index (χ3n) is 6.07. The number of carbonyl (C=O) groups excluding carboxylic acids is 2. The molecule has 2 atom stereocenters. The van der Waals surface area contributed by atoms with Crippen molar-refractivity contribution in [2.75, 3.05) is 5.32 Å². The fraction of sp³-hybridized carbons (Fsp3) is 0.241. The van der Waals surface area contributed by atoms with Gasteiger partial charge in [-0.25, -0.2) is 4.39 Å². The van der Waals surface area contributed by atoms with Gasteiger partial charge in [0.15, 0.2) is 5.78 Å². The highest BCUT2D eigenvalue weighted by atomic mass is 35.5. The highest BCUT2D eigenvalue weighted by molar-refractivity contribution is 6.83. The summed E-state index contributed by atoms with van der Waals surface area (Å²) in [6.07, 6.45) is 0.0358. The number of rotatable bonds is 6. The van der Waals surface area contributed by atoms with Crippen LogP contribution in [-0.2, 0) is 11.2 Å². The van der Waals surface area contributed by atoms with Crippen molar-refractivity contribution in [1.29, 1.82) is 0 Å². The number of halogens is 5. The molecule has 196 valence electrons. The monoisotopic (exact) mass is 605 g/mol. The van der Waals surface area contributed by atoms with Crippen LogP contribution in [0.4, 0.5) is 10.1 Å². The van der Waals surface area contributed by atoms with Gasteiger partial charge >= 0.3 is 0 Å². The topological polar surface area (TPSA) is 46.2 Å². The van der Waals surface area contributed by atoms with Gasteiger partial charge in [-0.15, -0.1) is 28.7 Å². The van der Waals surface area contributed by atoms with Gasteiger partial charge in [-0.1, -0.05) is 67.0 Å². The van der Waals surface area contributed by atoms with Crippen molar-refractivity contribution in [2.24, 2.45) is 5.92 Å². The Hall–Kier alpha value is -2.33. The van der Waals surface area contributed by atoms with E-state index >= 15 is 0 Å². The lowest BCUT2D eigenvalue weighted by atomic mass is 10.0. The van der Waals surface area contributed by atoms with Crippen LogP contribution in [0.15, 0.2) is 60.7 Å². The smallest absolute Gasteiger partial charge is 0.231 e. The van der Waals surface area contributed by atoms with Crippen molar-refractivity contribution in [3.63, 3.8) is 0 Å². The van der Waals surface area contributed by atoms with E-state index in [0.29, 0.717) is 21.8 Å². The minimum absolute atomic E-state index is 0.0358. The quantitative estimate of drug-likeness (QED) is 0.133. The molecule has 1 fully saturated rings. The van der Waals surface area contributed by atoms with Crippen LogP contribution in [0.2, 0.25) is 29.7 Å². The Morgan fingerprint density at radius 3 is 2.29 bits per heavy atom. The summed E-state index contributed by atoms with van der Waals surface area (Å²) in [5.41, 5.74) is 6.01. The first kappa shape index (κ1) is 28.7. The fourth-order valence-corrected chi connectivity index (χ4v) is 5.80. The normalized spacial score (nSPS) is 17.8. The van der Waals surface area contributed by atoms with Crippen molar-refractivity contribution in [2.45, 2.75) is 36.3 Å². The van der Waals surface area contributed by atoms with Gasteiger partial charge < -0.3 is 5.32 Å². The Labute approximate surface area is 242 Å². The van der Waals surface area contributed by atoms with Gasteiger partial charge in [0.25, 0.3) is 0 Å². The second-order valence-corrected chi connectivity index (χ2v) is 17.3. The predicted molar refractivity (Wildman–Crippen MR) is 157 cm³/mol. The maximum absolute atomic E-state index is 13.2. The third-order valence-corrected chi connectivity index (χ3v) is 8.54. The van der Waals surface area contributed by atoms with Gasteiger partial charge in [0.1, 0.15) is 18.2 Å². The minimum Gasteiger partial charge on any atom is -0.326 e. The largest absolute Gasteiger partial charge is 0.326 e. The van der Waals surface area contributed by atoms with E-state index in [-0.39, 0.29) is 34.5 Å². The second kappa shape index (κ2) is 11.0. The van der Waals surface area contributed by atoms with E-state index in [1.165, 1.54) is 24.3 Å². The summed E-state index contributed by atoms with van der Waals surface area (Å²) in [5.74, 6) is 0.947. The summed E-state index contributed by atoms with van der Waals surface area (Å²) in [5, 5.41) is 3.58. The zero-order valence-electron chi connectivity index (χ0n) is 20.8. The van der Waals surface area contributed by atoms with E-state index in [0.717, 1.165) is 5.56 Å². The highest BCUT2D eigenvalue weighted by Crippen LogP contribution is 2.65. The van der Waals surface area contributed by atoms with Crippen LogP contribution in [0.3, 0.4) is 0 Å². The molecule has 0 heterocycles. The van der Waals surface area contributed by atoms with Crippen molar-refractivity contribution < 1.29 is 14.0 Å². The van der Waals surface area contributed by atoms with Gasteiger partial charge in [0.05, 0.1) is 16.0 Å². The molecule has 1 amide bonds. The second-order valence-electron chi connectivity index (χ2n) is 10.3. The standard InChI is InChI=1S/C29H24Cl4FNO2Si/c1-38(2,3)13-12-18-15-19(6-10-23(18)30)26-27(29(26,32)33)28(37)35-21-9-11-24(31)22(16-21)25(36)14-17-4-7-20(34)8-5-17/h4-11,15-16,26-27H,14H2,1-3H3,(H,35,37). The van der Waals surface area contributed by atoms with Gasteiger partial charge in [-0.05, 0) is 53.6 Å². The molecule has 1 N–H and O–H groups in total. The SMILES string of the molecule is C[Si](C)(C)C#Cc1cc(C2C(C(=O)Nc3ccc(Cl)c(C(=O)Cc4ccc(F)cc4)c3)C2(Cl)Cl)ccc1Cl. The molecular weight excluding hydrogens is 583 g/mol. The van der Waals surface area contributed by atoms with E-state index in [4.69, 9.17) is 46.4 Å². The average molecular weight is 607 g/mol. The number of Topliss-reactive ketones (excluding diaryl/α,β-unsaturated/α-hetero) is 1. The summed E-state index contributed by atoms with van der Waals surface area (Å²) >= 11 is 25.7. The molecule has 0 aromatic heterocycles. The maximum atomic E-state index is 13.2. The van der Waals surface area contributed by atoms with Crippen molar-refractivity contribution in [1.82, 2.24) is 0 Å². The van der Waals surface area contributed by atoms with Crippen LogP contribution in [-0.4, -0.2) is 24.1 Å². The van der Waals surface area contributed by atoms with Gasteiger partial charge in [0, 0.05) is 29.2 Å². The number of hydrogen-bond donors (Lipinski definition) is 1. The van der Waals surface area contributed by atoms with Crippen LogP contribution < -0.4 is 5.32 Å². The summed E-state index contributed by atoms with van der Waals surface area (Å²) in [6.45, 7) is 6.42. The third kappa shape index (κ3) is 6.62. The Balaban J connectivity index is 1.51.